The zero-order chi connectivity index (χ0) is 9.30. The summed E-state index contributed by atoms with van der Waals surface area (Å²) in [4.78, 5) is 9.74. The van der Waals surface area contributed by atoms with Crippen molar-refractivity contribution in [1.82, 2.24) is 0 Å². The maximum atomic E-state index is 10.3. The second-order valence-corrected chi connectivity index (χ2v) is 3.83. The Morgan fingerprint density at radius 1 is 1.58 bits per heavy atom. The van der Waals surface area contributed by atoms with Gasteiger partial charge in [-0.15, -0.1) is 0 Å². The van der Waals surface area contributed by atoms with Gasteiger partial charge in [-0.05, 0) is 0 Å². The van der Waals surface area contributed by atoms with Gasteiger partial charge in [-0.25, -0.2) is 0 Å². The summed E-state index contributed by atoms with van der Waals surface area (Å²) in [6, 6.07) is 2.42. The Morgan fingerprint density at radius 3 is 2.58 bits per heavy atom. The normalized spacial score (nSPS) is 9.83. The predicted molar refractivity (Wildman–Crippen MR) is 47.9 cm³/mol. The van der Waals surface area contributed by atoms with E-state index in [-0.39, 0.29) is 16.5 Å². The Kier molecular flexibility index (Phi) is 2.60. The number of nitro benzene ring substituents is 1. The molecular formula is C6H5AsClNO3. The first kappa shape index (κ1) is 9.36. The van der Waals surface area contributed by atoms with E-state index in [2.05, 4.69) is 0 Å². The molecule has 0 aromatic heterocycles. The Bertz CT molecular complexity index is 319. The minimum atomic E-state index is -0.547. The van der Waals surface area contributed by atoms with Crippen LogP contribution in [-0.4, -0.2) is 26.9 Å². The first-order chi connectivity index (χ1) is 5.52. The Morgan fingerprint density at radius 2 is 2.17 bits per heavy atom. The topological polar surface area (TPSA) is 63.4 Å². The molecule has 0 aliphatic rings. The van der Waals surface area contributed by atoms with Crippen molar-refractivity contribution in [2.45, 2.75) is 0 Å². The van der Waals surface area contributed by atoms with E-state index in [1.165, 1.54) is 6.07 Å². The van der Waals surface area contributed by atoms with Crippen LogP contribution in [0.15, 0.2) is 12.1 Å². The molecule has 4 nitrogen and oxygen atoms in total. The first-order valence-electron chi connectivity index (χ1n) is 2.94. The van der Waals surface area contributed by atoms with Gasteiger partial charge in [0, 0.05) is 0 Å². The average molecular weight is 249 g/mol. The SMILES string of the molecule is O=[N+]([O-])c1cc(Cl)c(O)c([AsH2])c1. The number of phenolic OH excluding ortho intramolecular Hbond substituents is 1. The molecule has 12 heavy (non-hydrogen) atoms. The molecule has 0 saturated carbocycles. The van der Waals surface area contributed by atoms with Crippen molar-refractivity contribution in [2.24, 2.45) is 0 Å². The third-order valence-electron chi connectivity index (χ3n) is 1.29. The number of rotatable bonds is 1. The third kappa shape index (κ3) is 1.71. The summed E-state index contributed by atoms with van der Waals surface area (Å²) in [5, 5.41) is 19.5. The number of hydrogen-bond donors (Lipinski definition) is 1. The molecule has 0 bridgehead atoms. The van der Waals surface area contributed by atoms with Crippen LogP contribution in [0.2, 0.25) is 5.02 Å². The molecule has 0 saturated heterocycles. The van der Waals surface area contributed by atoms with Crippen LogP contribution < -0.4 is 4.35 Å². The number of hydrogen-bond acceptors (Lipinski definition) is 3. The van der Waals surface area contributed by atoms with Crippen LogP contribution in [0.25, 0.3) is 0 Å². The van der Waals surface area contributed by atoms with Gasteiger partial charge < -0.3 is 0 Å². The number of non-ortho nitro benzene ring substituents is 1. The molecule has 1 rings (SSSR count). The minimum absolute atomic E-state index is 0.0172. The van der Waals surface area contributed by atoms with Crippen LogP contribution >= 0.6 is 11.6 Å². The van der Waals surface area contributed by atoms with Crippen molar-refractivity contribution < 1.29 is 10.0 Å². The van der Waals surface area contributed by atoms with E-state index in [1.54, 1.807) is 0 Å². The first-order valence-corrected chi connectivity index (χ1v) is 4.53. The average Bonchev–Trinajstić information content (AvgIpc) is 1.99. The van der Waals surface area contributed by atoms with Crippen LogP contribution in [0.3, 0.4) is 0 Å². The molecule has 64 valence electrons. The molecule has 0 radical (unpaired) electrons. The monoisotopic (exact) mass is 249 g/mol. The molecule has 1 aromatic carbocycles. The molecule has 0 heterocycles. The summed E-state index contributed by atoms with van der Waals surface area (Å²) in [6.07, 6.45) is 0. The van der Waals surface area contributed by atoms with Crippen LogP contribution in [-0.2, 0) is 0 Å². The molecule has 1 aromatic rings. The molecule has 0 aliphatic carbocycles. The number of nitro groups is 1. The van der Waals surface area contributed by atoms with E-state index < -0.39 is 4.92 Å². The van der Waals surface area contributed by atoms with Crippen molar-refractivity contribution in [1.29, 1.82) is 0 Å². The van der Waals surface area contributed by atoms with Gasteiger partial charge in [-0.3, -0.25) is 0 Å². The number of aromatic hydroxyl groups is 1. The van der Waals surface area contributed by atoms with E-state index in [1.807, 2.05) is 0 Å². The van der Waals surface area contributed by atoms with E-state index in [0.29, 0.717) is 4.35 Å². The van der Waals surface area contributed by atoms with E-state index in [9.17, 15) is 15.2 Å². The van der Waals surface area contributed by atoms with Gasteiger partial charge in [0.25, 0.3) is 0 Å². The van der Waals surface area contributed by atoms with Crippen molar-refractivity contribution >= 4 is 38.5 Å². The van der Waals surface area contributed by atoms with Gasteiger partial charge in [0.1, 0.15) is 0 Å². The molecule has 1 atom stereocenters. The Hall–Kier alpha value is -0.732. The Labute approximate surface area is 81.8 Å². The second kappa shape index (κ2) is 3.33. The van der Waals surface area contributed by atoms with E-state index >= 15 is 0 Å². The number of phenols is 1. The van der Waals surface area contributed by atoms with Gasteiger partial charge in [-0.1, -0.05) is 0 Å². The second-order valence-electron chi connectivity index (χ2n) is 2.12. The van der Waals surface area contributed by atoms with Gasteiger partial charge in [0.05, 0.1) is 0 Å². The molecule has 0 fully saturated rings. The summed E-state index contributed by atoms with van der Waals surface area (Å²) in [5.74, 6) is -0.0812. The van der Waals surface area contributed by atoms with Gasteiger partial charge >= 0.3 is 81.5 Å². The Balaban J connectivity index is 3.31. The van der Waals surface area contributed by atoms with Crippen molar-refractivity contribution in [3.05, 3.63) is 27.3 Å². The van der Waals surface area contributed by atoms with Crippen LogP contribution in [0.4, 0.5) is 5.69 Å². The summed E-state index contributed by atoms with van der Waals surface area (Å²) >= 11 is 6.61. The summed E-state index contributed by atoms with van der Waals surface area (Å²) in [6.45, 7) is 0. The summed E-state index contributed by atoms with van der Waals surface area (Å²) in [7, 11) is 0. The zero-order valence-corrected chi connectivity index (χ0v) is 9.00. The maximum absolute atomic E-state index is 10.3. The zero-order valence-electron chi connectivity index (χ0n) is 5.82. The summed E-state index contributed by atoms with van der Waals surface area (Å²) < 4.78 is 0.460. The summed E-state index contributed by atoms with van der Waals surface area (Å²) in [5.41, 5.74) is -0.0998. The van der Waals surface area contributed by atoms with Crippen LogP contribution in [0.1, 0.15) is 0 Å². The quantitative estimate of drug-likeness (QED) is 0.440. The standard InChI is InChI=1S/C6H5AsClNO3/c7-4-1-3(9(11)12)2-5(8)6(4)10/h1-2,10H,7H2. The van der Waals surface area contributed by atoms with Gasteiger partial charge in [0.2, 0.25) is 0 Å². The van der Waals surface area contributed by atoms with E-state index in [0.717, 1.165) is 22.9 Å². The number of nitrogens with zero attached hydrogens (tertiary/aromatic N) is 1. The van der Waals surface area contributed by atoms with Gasteiger partial charge in [-0.2, -0.15) is 0 Å². The molecule has 0 amide bonds. The van der Waals surface area contributed by atoms with Crippen LogP contribution in [0.5, 0.6) is 5.75 Å². The number of benzene rings is 1. The fourth-order valence-corrected chi connectivity index (χ4v) is 1.81. The van der Waals surface area contributed by atoms with E-state index in [4.69, 9.17) is 11.6 Å². The third-order valence-corrected chi connectivity index (χ3v) is 2.50. The number of halogens is 1. The van der Waals surface area contributed by atoms with Crippen molar-refractivity contribution in [3.8, 4) is 5.75 Å². The fraction of sp³-hybridized carbons (Fsp3) is 0. The molecule has 0 aliphatic heterocycles. The molecule has 1 N–H and O–H groups in total. The van der Waals surface area contributed by atoms with Crippen LogP contribution in [0, 0.1) is 10.1 Å². The molecule has 0 spiro atoms. The fourth-order valence-electron chi connectivity index (χ4n) is 0.711. The van der Waals surface area contributed by atoms with Crippen molar-refractivity contribution in [3.63, 3.8) is 0 Å². The molecule has 1 unspecified atom stereocenters. The van der Waals surface area contributed by atoms with Crippen molar-refractivity contribution in [2.75, 3.05) is 0 Å². The molecular weight excluding hydrogens is 244 g/mol. The van der Waals surface area contributed by atoms with Gasteiger partial charge in [0.15, 0.2) is 0 Å². The predicted octanol–water partition coefficient (Wildman–Crippen LogP) is 0.212. The molecule has 6 heteroatoms.